The van der Waals surface area contributed by atoms with Crippen LogP contribution in [0, 0.1) is 0 Å². The van der Waals surface area contributed by atoms with Crippen LogP contribution in [0.4, 0.5) is 0 Å². The predicted molar refractivity (Wildman–Crippen MR) is 55.4 cm³/mol. The molecular weight excluding hydrogens is 204 g/mol. The highest BCUT2D eigenvalue weighted by atomic mass is 35.5. The Labute approximate surface area is 89.7 Å². The highest BCUT2D eigenvalue weighted by Crippen LogP contribution is 2.27. The van der Waals surface area contributed by atoms with Gasteiger partial charge in [0.05, 0.1) is 25.2 Å². The molecule has 82 valence electrons. The number of aliphatic hydroxyl groups is 1. The van der Waals surface area contributed by atoms with Gasteiger partial charge in [-0.2, -0.15) is 0 Å². The van der Waals surface area contributed by atoms with Crippen molar-refractivity contribution in [3.05, 3.63) is 12.2 Å². The van der Waals surface area contributed by atoms with Gasteiger partial charge in [-0.05, 0) is 13.3 Å². The summed E-state index contributed by atoms with van der Waals surface area (Å²) in [4.78, 5) is 0. The van der Waals surface area contributed by atoms with Crippen molar-refractivity contribution in [2.24, 2.45) is 0 Å². The van der Waals surface area contributed by atoms with Crippen LogP contribution in [0.1, 0.15) is 19.8 Å². The maximum atomic E-state index is 9.54. The molecule has 0 aliphatic carbocycles. The largest absolute Gasteiger partial charge is 0.389 e. The third-order valence-electron chi connectivity index (χ3n) is 2.38. The summed E-state index contributed by atoms with van der Waals surface area (Å²) in [5.74, 6) is -0.381. The van der Waals surface area contributed by atoms with Gasteiger partial charge >= 0.3 is 0 Å². The Morgan fingerprint density at radius 1 is 1.57 bits per heavy atom. The second-order valence-electron chi connectivity index (χ2n) is 3.64. The molecular formula is C10H17ClO3. The molecule has 0 spiro atoms. The van der Waals surface area contributed by atoms with Crippen molar-refractivity contribution in [2.45, 2.75) is 31.7 Å². The molecule has 1 aliphatic rings. The maximum absolute atomic E-state index is 9.54. The second kappa shape index (κ2) is 5.12. The summed E-state index contributed by atoms with van der Waals surface area (Å²) in [5.41, 5.74) is 0.757. The van der Waals surface area contributed by atoms with E-state index in [1.807, 2.05) is 0 Å². The van der Waals surface area contributed by atoms with Gasteiger partial charge in [0.1, 0.15) is 0 Å². The molecule has 0 amide bonds. The topological polar surface area (TPSA) is 38.7 Å². The minimum Gasteiger partial charge on any atom is -0.389 e. The molecule has 1 fully saturated rings. The van der Waals surface area contributed by atoms with Crippen LogP contribution >= 0.6 is 11.6 Å². The zero-order valence-corrected chi connectivity index (χ0v) is 9.22. The molecule has 0 aromatic rings. The molecule has 0 saturated carbocycles. The molecule has 1 heterocycles. The molecule has 4 heteroatoms. The Kier molecular flexibility index (Phi) is 4.38. The van der Waals surface area contributed by atoms with E-state index in [1.54, 1.807) is 6.92 Å². The van der Waals surface area contributed by atoms with Crippen molar-refractivity contribution < 1.29 is 14.6 Å². The van der Waals surface area contributed by atoms with Crippen LogP contribution in [0.3, 0.4) is 0 Å². The van der Waals surface area contributed by atoms with Crippen LogP contribution in [0.15, 0.2) is 12.2 Å². The molecule has 1 N–H and O–H groups in total. The van der Waals surface area contributed by atoms with Crippen molar-refractivity contribution in [3.8, 4) is 0 Å². The van der Waals surface area contributed by atoms with Crippen molar-refractivity contribution >= 4 is 11.6 Å². The predicted octanol–water partition coefficient (Wildman–Crippen LogP) is 1.69. The fraction of sp³-hybridized carbons (Fsp3) is 0.800. The van der Waals surface area contributed by atoms with Gasteiger partial charge in [-0.3, -0.25) is 0 Å². The lowest BCUT2D eigenvalue weighted by Crippen LogP contribution is -2.33. The van der Waals surface area contributed by atoms with Crippen LogP contribution in [0.5, 0.6) is 0 Å². The van der Waals surface area contributed by atoms with E-state index in [0.29, 0.717) is 31.9 Å². The van der Waals surface area contributed by atoms with Crippen molar-refractivity contribution in [1.82, 2.24) is 0 Å². The average Bonchev–Trinajstić information content (AvgIpc) is 2.63. The first-order valence-corrected chi connectivity index (χ1v) is 5.30. The number of alkyl halides is 1. The van der Waals surface area contributed by atoms with Crippen LogP contribution in [-0.4, -0.2) is 36.1 Å². The highest BCUT2D eigenvalue weighted by Gasteiger charge is 2.35. The Morgan fingerprint density at radius 3 is 2.57 bits per heavy atom. The smallest absolute Gasteiger partial charge is 0.182 e. The summed E-state index contributed by atoms with van der Waals surface area (Å²) < 4.78 is 10.8. The molecule has 0 aromatic heterocycles. The summed E-state index contributed by atoms with van der Waals surface area (Å²) in [6.07, 6.45) is 0.676. The molecule has 1 saturated heterocycles. The summed E-state index contributed by atoms with van der Waals surface area (Å²) in [6.45, 7) is 6.64. The van der Waals surface area contributed by atoms with E-state index in [0.717, 1.165) is 5.57 Å². The third kappa shape index (κ3) is 2.95. The molecule has 3 nitrogen and oxygen atoms in total. The average molecular weight is 221 g/mol. The van der Waals surface area contributed by atoms with Gasteiger partial charge in [0.15, 0.2) is 5.79 Å². The van der Waals surface area contributed by atoms with Gasteiger partial charge in [-0.1, -0.05) is 12.2 Å². The lowest BCUT2D eigenvalue weighted by atomic mass is 10.0. The van der Waals surface area contributed by atoms with E-state index in [9.17, 15) is 5.11 Å². The first-order chi connectivity index (χ1) is 6.59. The molecule has 0 radical (unpaired) electrons. The fourth-order valence-electron chi connectivity index (χ4n) is 1.39. The SMILES string of the molecule is C=C(C)C(O)CCC1(CCl)OCCO1. The summed E-state index contributed by atoms with van der Waals surface area (Å²) in [6, 6.07) is 0. The molecule has 1 unspecified atom stereocenters. The van der Waals surface area contributed by atoms with Gasteiger partial charge in [-0.25, -0.2) is 0 Å². The number of aliphatic hydroxyl groups excluding tert-OH is 1. The Bertz CT molecular complexity index is 200. The van der Waals surface area contributed by atoms with E-state index in [1.165, 1.54) is 0 Å². The van der Waals surface area contributed by atoms with Gasteiger partial charge in [0.2, 0.25) is 0 Å². The number of hydrogen-bond acceptors (Lipinski definition) is 3. The molecule has 1 atom stereocenters. The van der Waals surface area contributed by atoms with Crippen molar-refractivity contribution in [2.75, 3.05) is 19.1 Å². The monoisotopic (exact) mass is 220 g/mol. The Morgan fingerprint density at radius 2 is 2.14 bits per heavy atom. The van der Waals surface area contributed by atoms with Crippen molar-refractivity contribution in [3.63, 3.8) is 0 Å². The third-order valence-corrected chi connectivity index (χ3v) is 2.79. The van der Waals surface area contributed by atoms with Gasteiger partial charge in [-0.15, -0.1) is 11.6 Å². The standard InChI is InChI=1S/C10H17ClO3/c1-8(2)9(12)3-4-10(7-11)13-5-6-14-10/h9,12H,1,3-7H2,2H3. The first kappa shape index (κ1) is 12.0. The van der Waals surface area contributed by atoms with E-state index >= 15 is 0 Å². The first-order valence-electron chi connectivity index (χ1n) is 4.77. The van der Waals surface area contributed by atoms with Crippen LogP contribution in [0.2, 0.25) is 0 Å². The second-order valence-corrected chi connectivity index (χ2v) is 3.91. The summed E-state index contributed by atoms with van der Waals surface area (Å²) in [5, 5.41) is 9.54. The number of ether oxygens (including phenoxy) is 2. The van der Waals surface area contributed by atoms with E-state index in [4.69, 9.17) is 21.1 Å². The molecule has 14 heavy (non-hydrogen) atoms. The summed E-state index contributed by atoms with van der Waals surface area (Å²) in [7, 11) is 0. The van der Waals surface area contributed by atoms with Gasteiger partial charge in [0.25, 0.3) is 0 Å². The van der Waals surface area contributed by atoms with Crippen LogP contribution < -0.4 is 0 Å². The van der Waals surface area contributed by atoms with Gasteiger partial charge < -0.3 is 14.6 Å². The Hall–Kier alpha value is -0.0900. The van der Waals surface area contributed by atoms with E-state index in [-0.39, 0.29) is 0 Å². The lowest BCUT2D eigenvalue weighted by molar-refractivity contribution is -0.147. The highest BCUT2D eigenvalue weighted by molar-refractivity contribution is 6.18. The lowest BCUT2D eigenvalue weighted by Gasteiger charge is -2.25. The van der Waals surface area contributed by atoms with E-state index < -0.39 is 11.9 Å². The molecule has 1 aliphatic heterocycles. The minimum atomic E-state index is -0.683. The van der Waals surface area contributed by atoms with Gasteiger partial charge in [0, 0.05) is 6.42 Å². The van der Waals surface area contributed by atoms with Crippen LogP contribution in [-0.2, 0) is 9.47 Å². The fourth-order valence-corrected chi connectivity index (χ4v) is 1.68. The molecule has 1 rings (SSSR count). The summed E-state index contributed by atoms with van der Waals surface area (Å²) >= 11 is 5.77. The zero-order valence-electron chi connectivity index (χ0n) is 8.46. The number of rotatable bonds is 5. The normalized spacial score (nSPS) is 22.2. The van der Waals surface area contributed by atoms with E-state index in [2.05, 4.69) is 6.58 Å². The zero-order chi connectivity index (χ0) is 10.6. The number of halogens is 1. The molecule has 0 aromatic carbocycles. The minimum absolute atomic E-state index is 0.301. The maximum Gasteiger partial charge on any atom is 0.182 e. The Balaban J connectivity index is 2.38. The van der Waals surface area contributed by atoms with Crippen LogP contribution in [0.25, 0.3) is 0 Å². The quantitative estimate of drug-likeness (QED) is 0.566. The molecule has 0 bridgehead atoms. The number of hydrogen-bond donors (Lipinski definition) is 1. The van der Waals surface area contributed by atoms with Crippen molar-refractivity contribution in [1.29, 1.82) is 0 Å².